The number of benzene rings is 2. The van der Waals surface area contributed by atoms with Crippen LogP contribution in [0.1, 0.15) is 5.56 Å². The van der Waals surface area contributed by atoms with E-state index in [0.29, 0.717) is 63.0 Å². The number of methoxy groups -OCH3 is 1. The van der Waals surface area contributed by atoms with E-state index in [2.05, 4.69) is 25.1 Å². The molecule has 10 heteroatoms. The highest BCUT2D eigenvalue weighted by molar-refractivity contribution is 5.96. The molecule has 0 bridgehead atoms. The van der Waals surface area contributed by atoms with Crippen molar-refractivity contribution in [3.8, 4) is 45.4 Å². The van der Waals surface area contributed by atoms with Crippen LogP contribution in [0.15, 0.2) is 91.5 Å². The zero-order valence-electron chi connectivity index (χ0n) is 21.8. The fourth-order valence-electron chi connectivity index (χ4n) is 4.70. The molecule has 41 heavy (non-hydrogen) atoms. The Morgan fingerprint density at radius 1 is 0.780 bits per heavy atom. The van der Waals surface area contributed by atoms with Gasteiger partial charge in [-0.15, -0.1) is 0 Å². The number of aromatic amines is 2. The highest BCUT2D eigenvalue weighted by Crippen LogP contribution is 2.33. The summed E-state index contributed by atoms with van der Waals surface area (Å²) in [5.74, 6) is 1.15. The number of ether oxygens (including phenoxy) is 2. The molecule has 0 saturated carbocycles. The molecule has 7 rings (SSSR count). The number of imidazole rings is 1. The lowest BCUT2D eigenvalue weighted by molar-refractivity contribution is 0.305. The molecule has 0 unspecified atom stereocenters. The Morgan fingerprint density at radius 2 is 1.63 bits per heavy atom. The quantitative estimate of drug-likeness (QED) is 0.241. The average Bonchev–Trinajstić information content (AvgIpc) is 3.64. The number of hydrogen-bond acceptors (Lipinski definition) is 7. The highest BCUT2D eigenvalue weighted by Gasteiger charge is 2.18. The standard InChI is InChI=1S/C31H22FN7O2/c1-40-22-10-19(9-21(32)12-22)24-15-34-16-27-28(24)37-31(36-27)30-29-26(38-39-30)8-7-25(35-29)20-11-23(14-33-13-20)41-17-18-5-3-2-4-6-18/h2-16H,17H2,1H3,(H,36,37)(H,38,39). The summed E-state index contributed by atoms with van der Waals surface area (Å²) in [4.78, 5) is 21.7. The first-order chi connectivity index (χ1) is 20.1. The number of nitrogens with one attached hydrogen (secondary N) is 2. The van der Waals surface area contributed by atoms with E-state index in [1.807, 2.05) is 48.5 Å². The van der Waals surface area contributed by atoms with Crippen molar-refractivity contribution < 1.29 is 13.9 Å². The van der Waals surface area contributed by atoms with E-state index in [-0.39, 0.29) is 0 Å². The zero-order chi connectivity index (χ0) is 27.8. The number of hydrogen-bond donors (Lipinski definition) is 2. The molecule has 5 heterocycles. The van der Waals surface area contributed by atoms with Crippen LogP contribution in [0.25, 0.3) is 56.0 Å². The van der Waals surface area contributed by atoms with Crippen LogP contribution in [0.2, 0.25) is 0 Å². The van der Waals surface area contributed by atoms with E-state index in [1.54, 1.807) is 30.9 Å². The smallest absolute Gasteiger partial charge is 0.161 e. The fourth-order valence-corrected chi connectivity index (χ4v) is 4.70. The van der Waals surface area contributed by atoms with Crippen molar-refractivity contribution in [1.29, 1.82) is 0 Å². The lowest BCUT2D eigenvalue weighted by Crippen LogP contribution is -1.96. The molecule has 0 fully saturated rings. The van der Waals surface area contributed by atoms with Crippen LogP contribution in [0, 0.1) is 5.82 Å². The molecule has 200 valence electrons. The Bertz CT molecular complexity index is 2020. The fraction of sp³-hybridized carbons (Fsp3) is 0.0645. The van der Waals surface area contributed by atoms with Crippen LogP contribution in [0.4, 0.5) is 4.39 Å². The normalized spacial score (nSPS) is 11.3. The van der Waals surface area contributed by atoms with E-state index in [9.17, 15) is 4.39 Å². The topological polar surface area (TPSA) is 114 Å². The Morgan fingerprint density at radius 3 is 2.51 bits per heavy atom. The van der Waals surface area contributed by atoms with Crippen LogP contribution in [-0.2, 0) is 6.61 Å². The van der Waals surface area contributed by atoms with E-state index in [4.69, 9.17) is 19.4 Å². The summed E-state index contributed by atoms with van der Waals surface area (Å²) in [5.41, 5.74) is 7.10. The van der Waals surface area contributed by atoms with Gasteiger partial charge < -0.3 is 14.5 Å². The molecule has 0 aliphatic carbocycles. The molecule has 2 aromatic carbocycles. The summed E-state index contributed by atoms with van der Waals surface area (Å²) >= 11 is 0. The number of rotatable bonds is 7. The van der Waals surface area contributed by atoms with Gasteiger partial charge in [0.2, 0.25) is 0 Å². The second kappa shape index (κ2) is 10.2. The third-order valence-electron chi connectivity index (χ3n) is 6.70. The Balaban J connectivity index is 1.24. The first-order valence-electron chi connectivity index (χ1n) is 12.8. The van der Waals surface area contributed by atoms with E-state index < -0.39 is 5.82 Å². The Labute approximate surface area is 233 Å². The van der Waals surface area contributed by atoms with E-state index in [1.165, 1.54) is 19.2 Å². The predicted molar refractivity (Wildman–Crippen MR) is 153 cm³/mol. The van der Waals surface area contributed by atoms with Crippen LogP contribution in [0.3, 0.4) is 0 Å². The van der Waals surface area contributed by atoms with Crippen LogP contribution < -0.4 is 9.47 Å². The van der Waals surface area contributed by atoms with E-state index in [0.717, 1.165) is 16.6 Å². The monoisotopic (exact) mass is 543 g/mol. The third-order valence-corrected chi connectivity index (χ3v) is 6.70. The van der Waals surface area contributed by atoms with Gasteiger partial charge in [-0.05, 0) is 41.5 Å². The summed E-state index contributed by atoms with van der Waals surface area (Å²) in [6.07, 6.45) is 6.75. The van der Waals surface area contributed by atoms with Gasteiger partial charge in [0.15, 0.2) is 11.5 Å². The zero-order valence-corrected chi connectivity index (χ0v) is 21.8. The molecule has 9 nitrogen and oxygen atoms in total. The minimum Gasteiger partial charge on any atom is -0.497 e. The number of fused-ring (bicyclic) bond motifs is 2. The minimum absolute atomic E-state index is 0.409. The molecular weight excluding hydrogens is 521 g/mol. The summed E-state index contributed by atoms with van der Waals surface area (Å²) in [6, 6.07) is 20.2. The van der Waals surface area contributed by atoms with Crippen LogP contribution in [-0.4, -0.2) is 42.2 Å². The first-order valence-corrected chi connectivity index (χ1v) is 12.8. The molecule has 0 radical (unpaired) electrons. The number of H-pyrrole nitrogens is 2. The Hall–Kier alpha value is -5.64. The van der Waals surface area contributed by atoms with Gasteiger partial charge in [0.05, 0.1) is 41.7 Å². The molecule has 5 aromatic heterocycles. The second-order valence-electron chi connectivity index (χ2n) is 9.40. The molecule has 0 atom stereocenters. The Kier molecular flexibility index (Phi) is 6.05. The molecule has 0 saturated heterocycles. The largest absolute Gasteiger partial charge is 0.497 e. The summed E-state index contributed by atoms with van der Waals surface area (Å²) < 4.78 is 25.5. The van der Waals surface area contributed by atoms with Gasteiger partial charge in [0, 0.05) is 29.6 Å². The third kappa shape index (κ3) is 4.71. The van der Waals surface area contributed by atoms with Gasteiger partial charge in [-0.25, -0.2) is 14.4 Å². The van der Waals surface area contributed by atoms with Crippen molar-refractivity contribution in [2.75, 3.05) is 7.11 Å². The minimum atomic E-state index is -0.411. The molecule has 0 amide bonds. The maximum atomic E-state index is 14.3. The SMILES string of the molecule is COc1cc(F)cc(-c2cncc3[nH]c(-c4n[nH]c5ccc(-c6cncc(OCc7ccccc7)c6)nc45)nc23)c1. The molecule has 0 spiro atoms. The molecule has 2 N–H and O–H groups in total. The maximum Gasteiger partial charge on any atom is 0.161 e. The van der Waals surface area contributed by atoms with Gasteiger partial charge in [-0.3, -0.25) is 15.1 Å². The van der Waals surface area contributed by atoms with Crippen LogP contribution in [0.5, 0.6) is 11.5 Å². The van der Waals surface area contributed by atoms with Crippen molar-refractivity contribution in [3.05, 3.63) is 103 Å². The van der Waals surface area contributed by atoms with Gasteiger partial charge >= 0.3 is 0 Å². The predicted octanol–water partition coefficient (Wildman–Crippen LogP) is 6.35. The number of halogens is 1. The number of pyridine rings is 3. The van der Waals surface area contributed by atoms with Crippen LogP contribution >= 0.6 is 0 Å². The van der Waals surface area contributed by atoms with Gasteiger partial charge in [-0.1, -0.05) is 30.3 Å². The lowest BCUT2D eigenvalue weighted by atomic mass is 10.1. The summed E-state index contributed by atoms with van der Waals surface area (Å²) in [7, 11) is 1.50. The molecule has 0 aliphatic heterocycles. The average molecular weight is 544 g/mol. The molecular formula is C31H22FN7O2. The first kappa shape index (κ1) is 24.4. The van der Waals surface area contributed by atoms with Crippen molar-refractivity contribution in [2.24, 2.45) is 0 Å². The summed E-state index contributed by atoms with van der Waals surface area (Å²) in [5, 5.41) is 7.53. The number of aromatic nitrogens is 7. The molecule has 0 aliphatic rings. The van der Waals surface area contributed by atoms with Crippen molar-refractivity contribution in [1.82, 2.24) is 35.1 Å². The molecule has 7 aromatic rings. The highest BCUT2D eigenvalue weighted by atomic mass is 19.1. The maximum absolute atomic E-state index is 14.3. The lowest BCUT2D eigenvalue weighted by Gasteiger charge is -2.08. The van der Waals surface area contributed by atoms with Gasteiger partial charge in [0.25, 0.3) is 0 Å². The van der Waals surface area contributed by atoms with Crippen molar-refractivity contribution in [3.63, 3.8) is 0 Å². The summed E-state index contributed by atoms with van der Waals surface area (Å²) in [6.45, 7) is 0.440. The van der Waals surface area contributed by atoms with Gasteiger partial charge in [-0.2, -0.15) is 5.10 Å². The van der Waals surface area contributed by atoms with Crippen molar-refractivity contribution in [2.45, 2.75) is 6.61 Å². The van der Waals surface area contributed by atoms with E-state index >= 15 is 0 Å². The number of nitrogens with zero attached hydrogens (tertiary/aromatic N) is 5. The second-order valence-corrected chi connectivity index (χ2v) is 9.40. The van der Waals surface area contributed by atoms with Gasteiger partial charge in [0.1, 0.15) is 29.4 Å². The van der Waals surface area contributed by atoms with Crippen molar-refractivity contribution >= 4 is 22.1 Å².